The van der Waals surface area contributed by atoms with Gasteiger partial charge in [-0.1, -0.05) is 140 Å². The van der Waals surface area contributed by atoms with Crippen molar-refractivity contribution < 1.29 is 9.30 Å². The molecule has 3 nitrogen and oxygen atoms in total. The number of aliphatic imine (C=N–C) groups is 1. The van der Waals surface area contributed by atoms with Gasteiger partial charge in [0.25, 0.3) is 0 Å². The van der Waals surface area contributed by atoms with E-state index in [2.05, 4.69) is 64.1 Å². The van der Waals surface area contributed by atoms with E-state index in [0.717, 1.165) is 49.1 Å². The van der Waals surface area contributed by atoms with Crippen LogP contribution in [-0.4, -0.2) is 18.0 Å². The van der Waals surface area contributed by atoms with Gasteiger partial charge in [-0.25, -0.2) is 4.99 Å². The van der Waals surface area contributed by atoms with E-state index in [0.29, 0.717) is 17.5 Å². The first-order valence-corrected chi connectivity index (χ1v) is 16.0. The molecule has 0 bridgehead atoms. The predicted octanol–water partition coefficient (Wildman–Crippen LogP) is 9.65. The van der Waals surface area contributed by atoms with Crippen molar-refractivity contribution in [3.05, 3.63) is 71.8 Å². The van der Waals surface area contributed by atoms with E-state index >= 15 is 0 Å². The van der Waals surface area contributed by atoms with Crippen molar-refractivity contribution in [2.45, 2.75) is 91.2 Å². The molecule has 4 unspecified atom stereocenters. The molecule has 4 heteroatoms. The van der Waals surface area contributed by atoms with Crippen molar-refractivity contribution in [1.29, 1.82) is 0 Å². The third-order valence-corrected chi connectivity index (χ3v) is 10.7. The van der Waals surface area contributed by atoms with Crippen LogP contribution in [-0.2, 0) is 9.30 Å². The molecule has 4 atom stereocenters. The first kappa shape index (κ1) is 27.7. The molecule has 35 heavy (non-hydrogen) atoms. The van der Waals surface area contributed by atoms with Crippen molar-refractivity contribution in [2.75, 3.05) is 12.3 Å². The summed E-state index contributed by atoms with van der Waals surface area (Å²) in [6, 6.07) is 20.6. The molecule has 2 aromatic rings. The molecule has 0 radical (unpaired) electrons. The van der Waals surface area contributed by atoms with Gasteiger partial charge in [-0.15, -0.1) is 0 Å². The fourth-order valence-electron chi connectivity index (χ4n) is 5.29. The molecule has 0 amide bonds. The smallest absolute Gasteiger partial charge is 0.246 e. The van der Waals surface area contributed by atoms with Crippen LogP contribution in [0.3, 0.4) is 0 Å². The van der Waals surface area contributed by atoms with Gasteiger partial charge in [0.05, 0.1) is 0 Å². The van der Waals surface area contributed by atoms with Crippen LogP contribution < -0.4 is 0 Å². The Morgan fingerprint density at radius 3 is 1.71 bits per heavy atom. The third kappa shape index (κ3) is 7.56. The topological polar surface area (TPSA) is 38.7 Å². The molecule has 0 fully saturated rings. The van der Waals surface area contributed by atoms with E-state index < -0.39 is 7.14 Å². The van der Waals surface area contributed by atoms with E-state index in [-0.39, 0.29) is 12.1 Å². The minimum absolute atomic E-state index is 0.159. The molecule has 0 aromatic heterocycles. The molecule has 0 saturated heterocycles. The van der Waals surface area contributed by atoms with Crippen LogP contribution in [0.15, 0.2) is 65.7 Å². The van der Waals surface area contributed by atoms with Crippen molar-refractivity contribution >= 4 is 12.8 Å². The quantitative estimate of drug-likeness (QED) is 0.231. The molecule has 0 spiro atoms. The summed E-state index contributed by atoms with van der Waals surface area (Å²) in [4.78, 5) is 5.15. The Morgan fingerprint density at radius 1 is 0.771 bits per heavy atom. The number of rotatable bonds is 15. The Labute approximate surface area is 214 Å². The van der Waals surface area contributed by atoms with Gasteiger partial charge in [0.15, 0.2) is 13.2 Å². The average molecular weight is 496 g/mol. The highest BCUT2D eigenvalue weighted by Crippen LogP contribution is 2.57. The van der Waals surface area contributed by atoms with Gasteiger partial charge in [-0.3, -0.25) is 0 Å². The highest BCUT2D eigenvalue weighted by Gasteiger charge is 2.43. The number of benzene rings is 2. The first-order chi connectivity index (χ1) is 17.0. The normalized spacial score (nSPS) is 21.1. The van der Waals surface area contributed by atoms with Crippen LogP contribution in [0.2, 0.25) is 0 Å². The minimum Gasteiger partial charge on any atom is -0.465 e. The summed E-state index contributed by atoms with van der Waals surface area (Å²) in [6.07, 6.45) is 10.4. The molecule has 2 aromatic carbocycles. The summed E-state index contributed by atoms with van der Waals surface area (Å²) < 4.78 is 21.6. The lowest BCUT2D eigenvalue weighted by Gasteiger charge is -2.27. The molecule has 1 aliphatic heterocycles. The zero-order valence-corrected chi connectivity index (χ0v) is 23.3. The fourth-order valence-corrected chi connectivity index (χ4v) is 8.94. The Bertz CT molecular complexity index is 921. The second-order valence-electron chi connectivity index (χ2n) is 10.3. The SMILES string of the molecule is CCCCC(CC)CP(=O)(CC(CC)CCCC)C1=NC(c2ccccc2)C(c2ccccc2)O1. The average Bonchev–Trinajstić information content (AvgIpc) is 3.36. The molecule has 0 saturated carbocycles. The Balaban J connectivity index is 1.98. The first-order valence-electron chi connectivity index (χ1n) is 14.0. The predicted molar refractivity (Wildman–Crippen MR) is 151 cm³/mol. The summed E-state index contributed by atoms with van der Waals surface area (Å²) in [5.74, 6) is 0.920. The Kier molecular flexibility index (Phi) is 11.1. The lowest BCUT2D eigenvalue weighted by atomic mass is 9.97. The van der Waals surface area contributed by atoms with Gasteiger partial charge in [0.2, 0.25) is 5.64 Å². The molecular formula is C31H46NO2P. The van der Waals surface area contributed by atoms with Crippen LogP contribution in [0.4, 0.5) is 0 Å². The molecule has 3 rings (SSSR count). The van der Waals surface area contributed by atoms with E-state index in [1.54, 1.807) is 0 Å². The number of hydrogen-bond acceptors (Lipinski definition) is 3. The summed E-state index contributed by atoms with van der Waals surface area (Å²) in [5, 5.41) is 0. The number of unbranched alkanes of at least 4 members (excludes halogenated alkanes) is 2. The van der Waals surface area contributed by atoms with Crippen LogP contribution >= 0.6 is 7.14 Å². The minimum atomic E-state index is -2.78. The van der Waals surface area contributed by atoms with Crippen molar-refractivity contribution in [1.82, 2.24) is 0 Å². The summed E-state index contributed by atoms with van der Waals surface area (Å²) in [5.41, 5.74) is 2.78. The maximum atomic E-state index is 15.0. The largest absolute Gasteiger partial charge is 0.465 e. The summed E-state index contributed by atoms with van der Waals surface area (Å²) in [6.45, 7) is 8.97. The molecule has 0 N–H and O–H groups in total. The highest BCUT2D eigenvalue weighted by molar-refractivity contribution is 7.80. The highest BCUT2D eigenvalue weighted by atomic mass is 31.2. The van der Waals surface area contributed by atoms with E-state index in [1.165, 1.54) is 25.7 Å². The molecule has 192 valence electrons. The maximum absolute atomic E-state index is 15.0. The summed E-state index contributed by atoms with van der Waals surface area (Å²) >= 11 is 0. The van der Waals surface area contributed by atoms with E-state index in [9.17, 15) is 4.57 Å². The van der Waals surface area contributed by atoms with E-state index in [4.69, 9.17) is 9.73 Å². The van der Waals surface area contributed by atoms with Gasteiger partial charge in [-0.05, 0) is 23.0 Å². The molecular weight excluding hydrogens is 449 g/mol. The van der Waals surface area contributed by atoms with Gasteiger partial charge in [-0.2, -0.15) is 0 Å². The molecule has 1 heterocycles. The third-order valence-electron chi connectivity index (χ3n) is 7.58. The second-order valence-corrected chi connectivity index (χ2v) is 13.2. The molecule has 0 aliphatic carbocycles. The number of nitrogens with zero attached hydrogens (tertiary/aromatic N) is 1. The Hall–Kier alpha value is -1.86. The fraction of sp³-hybridized carbons (Fsp3) is 0.581. The van der Waals surface area contributed by atoms with Crippen LogP contribution in [0, 0.1) is 11.8 Å². The zero-order chi connectivity index (χ0) is 25.1. The van der Waals surface area contributed by atoms with Crippen molar-refractivity contribution in [2.24, 2.45) is 16.8 Å². The summed E-state index contributed by atoms with van der Waals surface area (Å²) in [7, 11) is -2.78. The lowest BCUT2D eigenvalue weighted by molar-refractivity contribution is 0.200. The van der Waals surface area contributed by atoms with Gasteiger partial charge in [0, 0.05) is 12.3 Å². The molecule has 1 aliphatic rings. The van der Waals surface area contributed by atoms with Crippen molar-refractivity contribution in [3.63, 3.8) is 0 Å². The Morgan fingerprint density at radius 2 is 1.26 bits per heavy atom. The van der Waals surface area contributed by atoms with Crippen LogP contribution in [0.1, 0.15) is 102 Å². The lowest BCUT2D eigenvalue weighted by Crippen LogP contribution is -2.19. The number of hydrogen-bond donors (Lipinski definition) is 0. The van der Waals surface area contributed by atoms with Gasteiger partial charge < -0.3 is 9.30 Å². The van der Waals surface area contributed by atoms with Gasteiger partial charge in [0.1, 0.15) is 6.04 Å². The number of ether oxygens (including phenoxy) is 1. The standard InChI is InChI=1S/C31H46NO2P/c1-5-9-17-25(7-3)23-35(33,24-26(8-4)18-10-6-2)31-32-29(27-19-13-11-14-20-27)30(34-31)28-21-15-12-16-22-28/h11-16,19-22,25-26,29-30H,5-10,17-18,23-24H2,1-4H3. The zero-order valence-electron chi connectivity index (χ0n) is 22.4. The van der Waals surface area contributed by atoms with Crippen LogP contribution in [0.5, 0.6) is 0 Å². The van der Waals surface area contributed by atoms with Crippen molar-refractivity contribution in [3.8, 4) is 0 Å². The van der Waals surface area contributed by atoms with Crippen LogP contribution in [0.25, 0.3) is 0 Å². The monoisotopic (exact) mass is 495 g/mol. The second kappa shape index (κ2) is 14.0. The van der Waals surface area contributed by atoms with E-state index in [1.807, 2.05) is 24.3 Å². The van der Waals surface area contributed by atoms with Gasteiger partial charge >= 0.3 is 0 Å². The maximum Gasteiger partial charge on any atom is 0.246 e.